The second-order valence-corrected chi connectivity index (χ2v) is 6.79. The van der Waals surface area contributed by atoms with Crippen molar-refractivity contribution in [2.45, 2.75) is 20.4 Å². The second-order valence-electron chi connectivity index (χ2n) is 5.94. The minimum Gasteiger partial charge on any atom is -0.444 e. The van der Waals surface area contributed by atoms with Gasteiger partial charge in [0.05, 0.1) is 22.8 Å². The van der Waals surface area contributed by atoms with Gasteiger partial charge in [0, 0.05) is 31.2 Å². The zero-order chi connectivity index (χ0) is 17.3. The summed E-state index contributed by atoms with van der Waals surface area (Å²) in [4.78, 5) is 21.1. The van der Waals surface area contributed by atoms with Crippen molar-refractivity contribution in [3.05, 3.63) is 51.2 Å². The highest BCUT2D eigenvalue weighted by Gasteiger charge is 2.24. The van der Waals surface area contributed by atoms with Gasteiger partial charge in [-0.2, -0.15) is 0 Å². The number of aryl methyl sites for hydroxylation is 2. The number of oxazole rings is 1. The number of amides is 1. The first kappa shape index (κ1) is 17.3. The zero-order valence-corrected chi connectivity index (χ0v) is 15.2. The van der Waals surface area contributed by atoms with Crippen LogP contribution >= 0.6 is 23.2 Å². The topological polar surface area (TPSA) is 49.6 Å². The summed E-state index contributed by atoms with van der Waals surface area (Å²) in [5.41, 5.74) is 1.42. The number of rotatable bonds is 3. The molecule has 0 bridgehead atoms. The van der Waals surface area contributed by atoms with Gasteiger partial charge >= 0.3 is 0 Å². The Balaban J connectivity index is 1.59. The summed E-state index contributed by atoms with van der Waals surface area (Å²) in [6, 6.07) is 4.96. The van der Waals surface area contributed by atoms with E-state index in [4.69, 9.17) is 27.6 Å². The predicted molar refractivity (Wildman–Crippen MR) is 93.6 cm³/mol. The van der Waals surface area contributed by atoms with Crippen molar-refractivity contribution in [3.63, 3.8) is 0 Å². The maximum atomic E-state index is 12.6. The van der Waals surface area contributed by atoms with Gasteiger partial charge in [-0.3, -0.25) is 9.69 Å². The summed E-state index contributed by atoms with van der Waals surface area (Å²) in [5, 5.41) is 0.915. The summed E-state index contributed by atoms with van der Waals surface area (Å²) in [6.45, 7) is 7.37. The van der Waals surface area contributed by atoms with E-state index in [1.54, 1.807) is 18.2 Å². The summed E-state index contributed by atoms with van der Waals surface area (Å²) in [7, 11) is 0. The van der Waals surface area contributed by atoms with Gasteiger partial charge in [0.2, 0.25) is 5.89 Å². The van der Waals surface area contributed by atoms with Gasteiger partial charge in [0.25, 0.3) is 5.91 Å². The molecule has 3 rings (SSSR count). The highest BCUT2D eigenvalue weighted by atomic mass is 35.5. The third kappa shape index (κ3) is 3.74. The maximum absolute atomic E-state index is 12.6. The number of benzene rings is 1. The fourth-order valence-corrected chi connectivity index (χ4v) is 3.23. The fourth-order valence-electron chi connectivity index (χ4n) is 2.74. The summed E-state index contributed by atoms with van der Waals surface area (Å²) < 4.78 is 5.62. The zero-order valence-electron chi connectivity index (χ0n) is 13.7. The predicted octanol–water partition coefficient (Wildman–Crippen LogP) is 3.56. The number of carbonyl (C=O) groups excluding carboxylic acids is 1. The average molecular weight is 368 g/mol. The smallest absolute Gasteiger partial charge is 0.255 e. The van der Waals surface area contributed by atoms with E-state index < -0.39 is 0 Å². The van der Waals surface area contributed by atoms with Crippen LogP contribution in [0.15, 0.2) is 22.6 Å². The van der Waals surface area contributed by atoms with Gasteiger partial charge in [-0.1, -0.05) is 23.2 Å². The van der Waals surface area contributed by atoms with Crippen LogP contribution in [0.3, 0.4) is 0 Å². The quantitative estimate of drug-likeness (QED) is 0.831. The lowest BCUT2D eigenvalue weighted by Gasteiger charge is -2.34. The molecule has 0 radical (unpaired) electrons. The molecule has 0 atom stereocenters. The van der Waals surface area contributed by atoms with Crippen molar-refractivity contribution in [1.82, 2.24) is 14.8 Å². The Hall–Kier alpha value is -1.56. The molecule has 7 heteroatoms. The first-order chi connectivity index (χ1) is 11.4. The average Bonchev–Trinajstić information content (AvgIpc) is 2.85. The monoisotopic (exact) mass is 367 g/mol. The lowest BCUT2D eigenvalue weighted by molar-refractivity contribution is 0.0618. The minimum absolute atomic E-state index is 0.0564. The molecule has 1 fully saturated rings. The second kappa shape index (κ2) is 7.13. The lowest BCUT2D eigenvalue weighted by atomic mass is 10.2. The van der Waals surface area contributed by atoms with Gasteiger partial charge in [-0.25, -0.2) is 4.98 Å². The molecule has 1 aromatic carbocycles. The van der Waals surface area contributed by atoms with Crippen molar-refractivity contribution >= 4 is 29.1 Å². The normalized spacial score (nSPS) is 15.8. The maximum Gasteiger partial charge on any atom is 0.255 e. The molecule has 1 aromatic heterocycles. The Labute approximate surface area is 151 Å². The number of aromatic nitrogens is 1. The Kier molecular flexibility index (Phi) is 5.13. The van der Waals surface area contributed by atoms with E-state index in [2.05, 4.69) is 9.88 Å². The molecule has 0 unspecified atom stereocenters. The molecule has 2 aromatic rings. The largest absolute Gasteiger partial charge is 0.444 e. The van der Waals surface area contributed by atoms with Crippen LogP contribution in [0, 0.1) is 13.8 Å². The van der Waals surface area contributed by atoms with E-state index in [0.29, 0.717) is 35.2 Å². The van der Waals surface area contributed by atoms with Crippen LogP contribution in [0.5, 0.6) is 0 Å². The Morgan fingerprint density at radius 2 is 1.92 bits per heavy atom. The molecule has 0 N–H and O–H groups in total. The van der Waals surface area contributed by atoms with E-state index in [1.165, 1.54) is 0 Å². The Bertz CT molecular complexity index is 733. The van der Waals surface area contributed by atoms with Crippen LogP contribution in [0.25, 0.3) is 0 Å². The third-order valence-corrected chi connectivity index (χ3v) is 4.80. The van der Waals surface area contributed by atoms with Gasteiger partial charge in [-0.05, 0) is 32.0 Å². The number of halogens is 2. The Morgan fingerprint density at radius 1 is 1.21 bits per heavy atom. The molecule has 2 heterocycles. The molecular weight excluding hydrogens is 349 g/mol. The van der Waals surface area contributed by atoms with Gasteiger partial charge in [0.15, 0.2) is 0 Å². The van der Waals surface area contributed by atoms with E-state index in [-0.39, 0.29) is 5.91 Å². The molecule has 5 nitrogen and oxygen atoms in total. The molecule has 0 spiro atoms. The summed E-state index contributed by atoms with van der Waals surface area (Å²) >= 11 is 12.0. The fraction of sp³-hybridized carbons (Fsp3) is 0.412. The van der Waals surface area contributed by atoms with Crippen molar-refractivity contribution in [2.24, 2.45) is 0 Å². The van der Waals surface area contributed by atoms with E-state index in [9.17, 15) is 4.79 Å². The van der Waals surface area contributed by atoms with Crippen LogP contribution in [-0.4, -0.2) is 46.9 Å². The minimum atomic E-state index is -0.0564. The number of carbonyl (C=O) groups is 1. The molecule has 1 aliphatic rings. The third-order valence-electron chi connectivity index (χ3n) is 4.25. The van der Waals surface area contributed by atoms with Crippen molar-refractivity contribution < 1.29 is 9.21 Å². The van der Waals surface area contributed by atoms with Gasteiger partial charge < -0.3 is 9.32 Å². The van der Waals surface area contributed by atoms with Crippen LogP contribution in [0.1, 0.15) is 27.7 Å². The highest BCUT2D eigenvalue weighted by molar-refractivity contribution is 6.36. The van der Waals surface area contributed by atoms with Crippen LogP contribution in [0.4, 0.5) is 0 Å². The highest BCUT2D eigenvalue weighted by Crippen LogP contribution is 2.23. The standard InChI is InChI=1S/C17H19Cl2N3O2/c1-11-12(2)24-16(20-11)10-21-5-7-22(8-6-21)17(23)14-4-3-13(18)9-15(14)19/h3-4,9H,5-8,10H2,1-2H3. The first-order valence-electron chi connectivity index (χ1n) is 7.83. The van der Waals surface area contributed by atoms with Crippen LogP contribution in [0.2, 0.25) is 10.0 Å². The summed E-state index contributed by atoms with van der Waals surface area (Å²) in [6.07, 6.45) is 0. The van der Waals surface area contributed by atoms with E-state index in [1.807, 2.05) is 18.7 Å². The molecule has 24 heavy (non-hydrogen) atoms. The van der Waals surface area contributed by atoms with Gasteiger partial charge in [0.1, 0.15) is 5.76 Å². The Morgan fingerprint density at radius 3 is 2.50 bits per heavy atom. The molecule has 0 aliphatic carbocycles. The van der Waals surface area contributed by atoms with Crippen molar-refractivity contribution in [2.75, 3.05) is 26.2 Å². The summed E-state index contributed by atoms with van der Waals surface area (Å²) in [5.74, 6) is 1.53. The van der Waals surface area contributed by atoms with Crippen molar-refractivity contribution in [1.29, 1.82) is 0 Å². The van der Waals surface area contributed by atoms with Crippen LogP contribution in [-0.2, 0) is 6.54 Å². The molecule has 0 saturated carbocycles. The molecule has 1 amide bonds. The molecule has 1 aliphatic heterocycles. The number of hydrogen-bond acceptors (Lipinski definition) is 4. The first-order valence-corrected chi connectivity index (χ1v) is 8.59. The lowest BCUT2D eigenvalue weighted by Crippen LogP contribution is -2.48. The van der Waals surface area contributed by atoms with E-state index in [0.717, 1.165) is 30.4 Å². The number of nitrogens with zero attached hydrogens (tertiary/aromatic N) is 3. The SMILES string of the molecule is Cc1nc(CN2CCN(C(=O)c3ccc(Cl)cc3Cl)CC2)oc1C. The van der Waals surface area contributed by atoms with E-state index >= 15 is 0 Å². The molecule has 128 valence electrons. The molecule has 1 saturated heterocycles. The number of hydrogen-bond donors (Lipinski definition) is 0. The van der Waals surface area contributed by atoms with Crippen molar-refractivity contribution in [3.8, 4) is 0 Å². The van der Waals surface area contributed by atoms with Gasteiger partial charge in [-0.15, -0.1) is 0 Å². The number of piperazine rings is 1. The molecular formula is C17H19Cl2N3O2. The van der Waals surface area contributed by atoms with Crippen LogP contribution < -0.4 is 0 Å².